The second kappa shape index (κ2) is 3.19. The molecule has 1 aliphatic heterocycles. The van der Waals surface area contributed by atoms with E-state index in [0.717, 1.165) is 0 Å². The minimum atomic E-state index is 0.0399. The lowest BCUT2D eigenvalue weighted by atomic mass is 10.2. The summed E-state index contributed by atoms with van der Waals surface area (Å²) in [5.74, 6) is 0. The molecule has 0 amide bonds. The molecule has 0 aromatic carbocycles. The Balaban J connectivity index is 3.00. The molecule has 0 fully saturated rings. The van der Waals surface area contributed by atoms with Crippen LogP contribution in [0.25, 0.3) is 0 Å². The number of rotatable bonds is 0. The van der Waals surface area contributed by atoms with Crippen LogP contribution in [0.4, 0.5) is 0 Å². The second-order valence-corrected chi connectivity index (χ2v) is 1.76. The number of hydrogen-bond donors (Lipinski definition) is 1. The molecule has 0 saturated heterocycles. The summed E-state index contributed by atoms with van der Waals surface area (Å²) in [6.07, 6.45) is 4.81. The maximum atomic E-state index is 8.42. The van der Waals surface area contributed by atoms with Gasteiger partial charge in [0.25, 0.3) is 0 Å². The van der Waals surface area contributed by atoms with E-state index in [-0.39, 0.29) is 5.57 Å². The lowest BCUT2D eigenvalue weighted by molar-refractivity contribution is 0.911. The second-order valence-electron chi connectivity index (χ2n) is 1.76. The zero-order valence-electron chi connectivity index (χ0n) is 5.57. The summed E-state index contributed by atoms with van der Waals surface area (Å²) >= 11 is 0. The normalized spacial score (nSPS) is 13.1. The van der Waals surface area contributed by atoms with Crippen LogP contribution in [0, 0.1) is 22.7 Å². The van der Waals surface area contributed by atoms with Crippen molar-refractivity contribution in [2.45, 2.75) is 0 Å². The van der Waals surface area contributed by atoms with Crippen molar-refractivity contribution in [1.82, 2.24) is 5.43 Å². The van der Waals surface area contributed by atoms with Crippen LogP contribution in [-0.4, -0.2) is 6.21 Å². The number of nitriles is 2. The van der Waals surface area contributed by atoms with Crippen molar-refractivity contribution in [1.29, 1.82) is 10.5 Å². The minimum absolute atomic E-state index is 0.0399. The quantitative estimate of drug-likeness (QED) is 0.501. The summed E-state index contributed by atoms with van der Waals surface area (Å²) in [7, 11) is 0. The molecule has 11 heavy (non-hydrogen) atoms. The van der Waals surface area contributed by atoms with Gasteiger partial charge in [0.15, 0.2) is 5.57 Å². The molecular formula is C7H4N4. The van der Waals surface area contributed by atoms with Crippen molar-refractivity contribution < 1.29 is 0 Å². The highest BCUT2D eigenvalue weighted by Crippen LogP contribution is 2.02. The van der Waals surface area contributed by atoms with Gasteiger partial charge in [-0.3, -0.25) is 5.43 Å². The average molecular weight is 144 g/mol. The van der Waals surface area contributed by atoms with Crippen molar-refractivity contribution in [2.75, 3.05) is 0 Å². The van der Waals surface area contributed by atoms with Crippen molar-refractivity contribution in [2.24, 2.45) is 5.10 Å². The van der Waals surface area contributed by atoms with Gasteiger partial charge in [-0.05, 0) is 12.2 Å². The molecule has 0 aromatic rings. The van der Waals surface area contributed by atoms with Gasteiger partial charge in [-0.15, -0.1) is 0 Å². The highest BCUT2D eigenvalue weighted by molar-refractivity contribution is 5.73. The summed E-state index contributed by atoms with van der Waals surface area (Å²) in [5.41, 5.74) is 3.02. The topological polar surface area (TPSA) is 72.0 Å². The highest BCUT2D eigenvalue weighted by atomic mass is 15.3. The lowest BCUT2D eigenvalue weighted by Crippen LogP contribution is -2.08. The lowest BCUT2D eigenvalue weighted by Gasteiger charge is -2.02. The van der Waals surface area contributed by atoms with Crippen LogP contribution < -0.4 is 5.43 Å². The summed E-state index contributed by atoms with van der Waals surface area (Å²) in [6.45, 7) is 0. The van der Waals surface area contributed by atoms with E-state index in [9.17, 15) is 0 Å². The fourth-order valence-electron chi connectivity index (χ4n) is 0.611. The molecule has 0 aromatic heterocycles. The fourth-order valence-corrected chi connectivity index (χ4v) is 0.611. The minimum Gasteiger partial charge on any atom is -0.276 e. The van der Waals surface area contributed by atoms with Gasteiger partial charge < -0.3 is 0 Å². The Kier molecular flexibility index (Phi) is 2.04. The van der Waals surface area contributed by atoms with Gasteiger partial charge in [0.1, 0.15) is 12.1 Å². The number of allylic oxidation sites excluding steroid dienone is 3. The summed E-state index contributed by atoms with van der Waals surface area (Å²) in [4.78, 5) is 0. The van der Waals surface area contributed by atoms with E-state index in [1.165, 1.54) is 6.21 Å². The first-order chi connectivity index (χ1) is 5.38. The van der Waals surface area contributed by atoms with E-state index < -0.39 is 0 Å². The van der Waals surface area contributed by atoms with E-state index in [4.69, 9.17) is 10.5 Å². The van der Waals surface area contributed by atoms with Gasteiger partial charge in [-0.25, -0.2) is 0 Å². The summed E-state index contributed by atoms with van der Waals surface area (Å²) in [5, 5.41) is 20.5. The monoisotopic (exact) mass is 144 g/mol. The van der Waals surface area contributed by atoms with Gasteiger partial charge in [0, 0.05) is 6.21 Å². The van der Waals surface area contributed by atoms with Crippen LogP contribution in [-0.2, 0) is 0 Å². The number of nitrogens with one attached hydrogen (secondary N) is 1. The van der Waals surface area contributed by atoms with Crippen LogP contribution >= 0.6 is 0 Å². The van der Waals surface area contributed by atoms with Gasteiger partial charge in [0.05, 0.1) is 5.70 Å². The van der Waals surface area contributed by atoms with Crippen LogP contribution in [0.1, 0.15) is 0 Å². The zero-order chi connectivity index (χ0) is 8.10. The van der Waals surface area contributed by atoms with Crippen molar-refractivity contribution >= 4 is 6.21 Å². The fraction of sp³-hybridized carbons (Fsp3) is 0. The Labute approximate surface area is 63.7 Å². The van der Waals surface area contributed by atoms with E-state index in [1.54, 1.807) is 24.3 Å². The smallest absolute Gasteiger partial charge is 0.154 e. The molecule has 0 atom stereocenters. The molecule has 4 heteroatoms. The molecule has 0 bridgehead atoms. The summed E-state index contributed by atoms with van der Waals surface area (Å²) < 4.78 is 0. The molecule has 0 aliphatic carbocycles. The van der Waals surface area contributed by atoms with Crippen molar-refractivity contribution in [3.8, 4) is 12.1 Å². The third-order valence-corrected chi connectivity index (χ3v) is 1.10. The van der Waals surface area contributed by atoms with Gasteiger partial charge >= 0.3 is 0 Å². The Morgan fingerprint density at radius 2 is 2.18 bits per heavy atom. The third-order valence-electron chi connectivity index (χ3n) is 1.10. The van der Waals surface area contributed by atoms with E-state index in [0.29, 0.717) is 5.70 Å². The first-order valence-electron chi connectivity index (χ1n) is 2.88. The standard InChI is InChI=1S/C7H4N4/c8-4-6(5-9)7-2-1-3-10-11-7/h1-3,11H. The largest absolute Gasteiger partial charge is 0.276 e. The highest BCUT2D eigenvalue weighted by Gasteiger charge is 2.02. The van der Waals surface area contributed by atoms with Crippen molar-refractivity contribution in [3.05, 3.63) is 23.4 Å². The molecule has 0 spiro atoms. The van der Waals surface area contributed by atoms with E-state index in [1.807, 2.05) is 0 Å². The molecule has 1 heterocycles. The summed E-state index contributed by atoms with van der Waals surface area (Å²) in [6, 6.07) is 3.50. The Morgan fingerprint density at radius 3 is 2.64 bits per heavy atom. The SMILES string of the molecule is N#CC(C#N)=C1C=CC=NN1. The Morgan fingerprint density at radius 1 is 1.45 bits per heavy atom. The average Bonchev–Trinajstić information content (AvgIpc) is 2.09. The van der Waals surface area contributed by atoms with Crippen LogP contribution in [0.2, 0.25) is 0 Å². The van der Waals surface area contributed by atoms with Crippen LogP contribution in [0.3, 0.4) is 0 Å². The number of nitrogens with zero attached hydrogens (tertiary/aromatic N) is 3. The molecule has 4 nitrogen and oxygen atoms in total. The third kappa shape index (κ3) is 1.44. The first-order valence-corrected chi connectivity index (χ1v) is 2.88. The molecule has 0 radical (unpaired) electrons. The molecule has 52 valence electrons. The molecular weight excluding hydrogens is 140 g/mol. The predicted octanol–water partition coefficient (Wildman–Crippen LogP) is 0.433. The Hall–Kier alpha value is -2.07. The maximum Gasteiger partial charge on any atom is 0.154 e. The van der Waals surface area contributed by atoms with Gasteiger partial charge in [-0.1, -0.05) is 0 Å². The van der Waals surface area contributed by atoms with Crippen LogP contribution in [0.15, 0.2) is 28.5 Å². The van der Waals surface area contributed by atoms with E-state index in [2.05, 4.69) is 10.5 Å². The molecule has 1 N–H and O–H groups in total. The maximum absolute atomic E-state index is 8.42. The number of hydrogen-bond acceptors (Lipinski definition) is 4. The predicted molar refractivity (Wildman–Crippen MR) is 39.0 cm³/mol. The van der Waals surface area contributed by atoms with Gasteiger partial charge in [0.2, 0.25) is 0 Å². The van der Waals surface area contributed by atoms with E-state index >= 15 is 0 Å². The molecule has 0 saturated carbocycles. The molecule has 0 unspecified atom stereocenters. The van der Waals surface area contributed by atoms with Crippen molar-refractivity contribution in [3.63, 3.8) is 0 Å². The molecule has 1 aliphatic rings. The first kappa shape index (κ1) is 7.04. The molecule has 1 rings (SSSR count). The van der Waals surface area contributed by atoms with Gasteiger partial charge in [-0.2, -0.15) is 15.6 Å². The number of hydrazone groups is 1. The Bertz CT molecular complexity index is 305. The zero-order valence-corrected chi connectivity index (χ0v) is 5.57. The van der Waals surface area contributed by atoms with Crippen LogP contribution in [0.5, 0.6) is 0 Å².